The van der Waals surface area contributed by atoms with Crippen molar-refractivity contribution in [2.24, 2.45) is 5.92 Å². The molecule has 0 spiro atoms. The van der Waals surface area contributed by atoms with Gasteiger partial charge in [0, 0.05) is 5.92 Å². The normalized spacial score (nSPS) is 27.2. The van der Waals surface area contributed by atoms with Gasteiger partial charge < -0.3 is 5.11 Å². The van der Waals surface area contributed by atoms with Crippen molar-refractivity contribution in [3.8, 4) is 0 Å². The predicted molar refractivity (Wildman–Crippen MR) is 42.6 cm³/mol. The lowest BCUT2D eigenvalue weighted by Crippen LogP contribution is -2.41. The predicted octanol–water partition coefficient (Wildman–Crippen LogP) is 1.07. The molecule has 0 radical (unpaired) electrons. The Morgan fingerprint density at radius 2 is 2.17 bits per heavy atom. The topological polar surface area (TPSA) is 60.8 Å². The van der Waals surface area contributed by atoms with Crippen molar-refractivity contribution in [2.75, 3.05) is 0 Å². The van der Waals surface area contributed by atoms with E-state index in [-0.39, 0.29) is 11.6 Å². The molecule has 0 aromatic rings. The van der Waals surface area contributed by atoms with Gasteiger partial charge >= 0.3 is 5.97 Å². The van der Waals surface area contributed by atoms with Crippen molar-refractivity contribution >= 4 is 5.97 Å². The smallest absolute Gasteiger partial charge is 0.354 e. The first-order valence-corrected chi connectivity index (χ1v) is 3.81. The molecule has 1 aliphatic rings. The fraction of sp³-hybridized carbons (Fsp3) is 0.625. The Balaban J connectivity index is 2.97. The molecule has 0 aliphatic carbocycles. The fourth-order valence-electron chi connectivity index (χ4n) is 1.18. The molecular formula is C8H13NO3. The van der Waals surface area contributed by atoms with Crippen LogP contribution in [-0.2, 0) is 4.79 Å². The van der Waals surface area contributed by atoms with Crippen LogP contribution in [0.5, 0.6) is 0 Å². The Morgan fingerprint density at radius 3 is 2.33 bits per heavy atom. The molecule has 12 heavy (non-hydrogen) atoms. The monoisotopic (exact) mass is 171 g/mol. The summed E-state index contributed by atoms with van der Waals surface area (Å²) in [7, 11) is 0. The summed E-state index contributed by atoms with van der Waals surface area (Å²) in [6.45, 7) is 5.47. The van der Waals surface area contributed by atoms with Crippen molar-refractivity contribution in [3.63, 3.8) is 0 Å². The van der Waals surface area contributed by atoms with Gasteiger partial charge in [0.05, 0.1) is 5.54 Å². The Bertz CT molecular complexity index is 245. The maximum atomic E-state index is 10.6. The largest absolute Gasteiger partial charge is 0.477 e. The third-order valence-corrected chi connectivity index (χ3v) is 2.52. The summed E-state index contributed by atoms with van der Waals surface area (Å²) >= 11 is 0. The highest BCUT2D eigenvalue weighted by atomic mass is 16.5. The number of nitrogens with zero attached hydrogens (tertiary/aromatic N) is 1. The van der Waals surface area contributed by atoms with E-state index in [2.05, 4.69) is 0 Å². The molecule has 0 aromatic carbocycles. The highest BCUT2D eigenvalue weighted by Crippen LogP contribution is 2.34. The number of hydroxylamine groups is 2. The van der Waals surface area contributed by atoms with E-state index in [4.69, 9.17) is 5.11 Å². The maximum absolute atomic E-state index is 10.6. The molecule has 0 fully saturated rings. The average Bonchev–Trinajstić information content (AvgIpc) is 2.13. The zero-order valence-corrected chi connectivity index (χ0v) is 7.40. The van der Waals surface area contributed by atoms with Crippen LogP contribution in [0.2, 0.25) is 0 Å². The maximum Gasteiger partial charge on any atom is 0.354 e. The Morgan fingerprint density at radius 1 is 1.67 bits per heavy atom. The van der Waals surface area contributed by atoms with Crippen LogP contribution in [0.4, 0.5) is 0 Å². The molecule has 0 saturated carbocycles. The molecular weight excluding hydrogens is 158 g/mol. The molecule has 1 unspecified atom stereocenters. The van der Waals surface area contributed by atoms with Gasteiger partial charge in [-0.05, 0) is 19.9 Å². The van der Waals surface area contributed by atoms with Crippen LogP contribution >= 0.6 is 0 Å². The number of aliphatic carboxylic acids is 1. The molecule has 1 rings (SSSR count). The second-order valence-electron chi connectivity index (χ2n) is 3.61. The van der Waals surface area contributed by atoms with E-state index < -0.39 is 11.5 Å². The highest BCUT2D eigenvalue weighted by Gasteiger charge is 2.40. The van der Waals surface area contributed by atoms with Gasteiger partial charge in [-0.15, -0.1) is 0 Å². The Kier molecular flexibility index (Phi) is 1.88. The zero-order chi connectivity index (χ0) is 9.52. The van der Waals surface area contributed by atoms with Crippen molar-refractivity contribution < 1.29 is 15.1 Å². The average molecular weight is 171 g/mol. The Hall–Kier alpha value is -1.03. The molecule has 68 valence electrons. The van der Waals surface area contributed by atoms with Gasteiger partial charge in [0.1, 0.15) is 5.70 Å². The minimum absolute atomic E-state index is 0.0347. The van der Waals surface area contributed by atoms with E-state index in [9.17, 15) is 10.0 Å². The lowest BCUT2D eigenvalue weighted by molar-refractivity contribution is -0.156. The number of hydrogen-bond donors (Lipinski definition) is 2. The van der Waals surface area contributed by atoms with Crippen LogP contribution in [0.15, 0.2) is 11.8 Å². The number of carbonyl (C=O) groups is 1. The first kappa shape index (κ1) is 9.06. The standard InChI is InChI=1S/C8H13NO3/c1-5-4-6(7(10)11)9(12)8(5,2)3/h4-5,12H,1-3H3,(H,10,11). The molecule has 0 amide bonds. The van der Waals surface area contributed by atoms with Crippen molar-refractivity contribution in [3.05, 3.63) is 11.8 Å². The van der Waals surface area contributed by atoms with Crippen LogP contribution in [0.25, 0.3) is 0 Å². The van der Waals surface area contributed by atoms with E-state index in [0.717, 1.165) is 5.06 Å². The summed E-state index contributed by atoms with van der Waals surface area (Å²) in [5, 5.41) is 18.9. The second kappa shape index (κ2) is 2.48. The number of carboxylic acids is 1. The van der Waals surface area contributed by atoms with Gasteiger partial charge in [0.2, 0.25) is 0 Å². The molecule has 0 aromatic heterocycles. The molecule has 1 aliphatic heterocycles. The van der Waals surface area contributed by atoms with E-state index >= 15 is 0 Å². The first-order valence-electron chi connectivity index (χ1n) is 3.81. The van der Waals surface area contributed by atoms with Gasteiger partial charge in [-0.25, -0.2) is 9.86 Å². The number of carboxylic acid groups (broad SMARTS) is 1. The molecule has 1 atom stereocenters. The van der Waals surface area contributed by atoms with Crippen LogP contribution in [0.1, 0.15) is 20.8 Å². The summed E-state index contributed by atoms with van der Waals surface area (Å²) in [5.74, 6) is -1.05. The quantitative estimate of drug-likeness (QED) is 0.619. The summed E-state index contributed by atoms with van der Waals surface area (Å²) in [5.41, 5.74) is -0.555. The molecule has 0 bridgehead atoms. The van der Waals surface area contributed by atoms with E-state index in [1.165, 1.54) is 0 Å². The van der Waals surface area contributed by atoms with Gasteiger partial charge in [-0.1, -0.05) is 6.92 Å². The van der Waals surface area contributed by atoms with Crippen LogP contribution in [0, 0.1) is 5.92 Å². The lowest BCUT2D eigenvalue weighted by atomic mass is 9.92. The van der Waals surface area contributed by atoms with Crippen molar-refractivity contribution in [1.29, 1.82) is 0 Å². The lowest BCUT2D eigenvalue weighted by Gasteiger charge is -2.31. The minimum atomic E-state index is -1.09. The molecule has 0 saturated heterocycles. The number of rotatable bonds is 1. The molecule has 2 N–H and O–H groups in total. The fourth-order valence-corrected chi connectivity index (χ4v) is 1.18. The summed E-state index contributed by atoms with van der Waals surface area (Å²) < 4.78 is 0. The summed E-state index contributed by atoms with van der Waals surface area (Å²) in [6, 6.07) is 0. The highest BCUT2D eigenvalue weighted by molar-refractivity contribution is 5.86. The van der Waals surface area contributed by atoms with E-state index in [0.29, 0.717) is 0 Å². The second-order valence-corrected chi connectivity index (χ2v) is 3.61. The summed E-state index contributed by atoms with van der Waals surface area (Å²) in [6.07, 6.45) is 1.56. The number of hydrogen-bond acceptors (Lipinski definition) is 3. The SMILES string of the molecule is CC1C=C(C(=O)O)N(O)C1(C)C. The Labute approximate surface area is 71.1 Å². The van der Waals surface area contributed by atoms with Crippen LogP contribution in [-0.4, -0.2) is 26.9 Å². The molecule has 1 heterocycles. The van der Waals surface area contributed by atoms with Crippen molar-refractivity contribution in [2.45, 2.75) is 26.3 Å². The molecule has 4 nitrogen and oxygen atoms in total. The van der Waals surface area contributed by atoms with Crippen LogP contribution < -0.4 is 0 Å². The summed E-state index contributed by atoms with van der Waals surface area (Å²) in [4.78, 5) is 10.6. The van der Waals surface area contributed by atoms with Gasteiger partial charge in [0.15, 0.2) is 0 Å². The van der Waals surface area contributed by atoms with Gasteiger partial charge in [-0.3, -0.25) is 5.21 Å². The first-order chi connectivity index (χ1) is 5.37. The zero-order valence-electron chi connectivity index (χ0n) is 7.40. The third-order valence-electron chi connectivity index (χ3n) is 2.52. The van der Waals surface area contributed by atoms with E-state index in [1.807, 2.05) is 6.92 Å². The molecule has 4 heteroatoms. The van der Waals surface area contributed by atoms with E-state index in [1.54, 1.807) is 19.9 Å². The van der Waals surface area contributed by atoms with Gasteiger partial charge in [-0.2, -0.15) is 0 Å². The van der Waals surface area contributed by atoms with Crippen molar-refractivity contribution in [1.82, 2.24) is 5.06 Å². The third kappa shape index (κ3) is 1.08. The minimum Gasteiger partial charge on any atom is -0.477 e. The van der Waals surface area contributed by atoms with Gasteiger partial charge in [0.25, 0.3) is 0 Å². The van der Waals surface area contributed by atoms with Crippen LogP contribution in [0.3, 0.4) is 0 Å².